The number of hydrogen-bond donors (Lipinski definition) is 3. The van der Waals surface area contributed by atoms with Gasteiger partial charge in [-0.3, -0.25) is 4.79 Å². The number of amides is 1. The Balaban J connectivity index is 2.23. The number of thioether (sulfide) groups is 1. The molecule has 0 radical (unpaired) electrons. The summed E-state index contributed by atoms with van der Waals surface area (Å²) in [6, 6.07) is -0.0867. The molecule has 0 aromatic heterocycles. The Morgan fingerprint density at radius 3 is 2.82 bits per heavy atom. The van der Waals surface area contributed by atoms with Gasteiger partial charge in [0.2, 0.25) is 5.91 Å². The smallest absolute Gasteiger partial charge is 0.220 e. The first-order chi connectivity index (χ1) is 8.11. The van der Waals surface area contributed by atoms with Crippen molar-refractivity contribution in [2.45, 2.75) is 38.6 Å². The first-order valence-corrected chi connectivity index (χ1v) is 7.10. The average Bonchev–Trinajstić information content (AvgIpc) is 2.29. The van der Waals surface area contributed by atoms with Crippen LogP contribution in [0.5, 0.6) is 0 Å². The Bertz CT molecular complexity index is 278. The number of nitrogens with zero attached hydrogens (tertiary/aromatic N) is 1. The van der Waals surface area contributed by atoms with Crippen LogP contribution in [0.1, 0.15) is 32.6 Å². The molecule has 1 aliphatic heterocycles. The van der Waals surface area contributed by atoms with Crippen LogP contribution in [-0.4, -0.2) is 34.5 Å². The molecule has 4 N–H and O–H groups in total. The Hall–Kier alpha value is -0.910. The van der Waals surface area contributed by atoms with E-state index in [9.17, 15) is 4.79 Å². The number of rotatable bonds is 5. The molecule has 0 aromatic carbocycles. The lowest BCUT2D eigenvalue weighted by molar-refractivity contribution is -0.122. The van der Waals surface area contributed by atoms with E-state index in [-0.39, 0.29) is 17.8 Å². The minimum absolute atomic E-state index is 0.0696. The van der Waals surface area contributed by atoms with Crippen LogP contribution < -0.4 is 11.1 Å². The average molecular weight is 259 g/mol. The molecule has 1 fully saturated rings. The highest BCUT2D eigenvalue weighted by molar-refractivity contribution is 7.99. The molecule has 0 spiro atoms. The summed E-state index contributed by atoms with van der Waals surface area (Å²) in [5.74, 6) is 3.06. The normalized spacial score (nSPS) is 19.9. The second-order valence-electron chi connectivity index (χ2n) is 4.52. The highest BCUT2D eigenvalue weighted by atomic mass is 32.2. The van der Waals surface area contributed by atoms with Gasteiger partial charge >= 0.3 is 0 Å². The Morgan fingerprint density at radius 2 is 2.24 bits per heavy atom. The summed E-state index contributed by atoms with van der Waals surface area (Å²) in [6.07, 6.45) is 3.24. The lowest BCUT2D eigenvalue weighted by Gasteiger charge is -2.21. The molecule has 5 nitrogen and oxygen atoms in total. The van der Waals surface area contributed by atoms with Gasteiger partial charge in [0.05, 0.1) is 0 Å². The van der Waals surface area contributed by atoms with Crippen LogP contribution in [0.15, 0.2) is 5.16 Å². The van der Waals surface area contributed by atoms with Gasteiger partial charge in [0.15, 0.2) is 0 Å². The molecule has 0 aliphatic carbocycles. The molecule has 1 atom stereocenters. The molecule has 1 saturated heterocycles. The van der Waals surface area contributed by atoms with Crippen LogP contribution in [0.4, 0.5) is 0 Å². The number of hydrogen-bond acceptors (Lipinski definition) is 4. The van der Waals surface area contributed by atoms with Crippen molar-refractivity contribution in [1.29, 1.82) is 0 Å². The molecule has 1 amide bonds. The predicted molar refractivity (Wildman–Crippen MR) is 70.3 cm³/mol. The van der Waals surface area contributed by atoms with E-state index in [1.807, 2.05) is 18.7 Å². The van der Waals surface area contributed by atoms with Crippen molar-refractivity contribution in [3.8, 4) is 0 Å². The number of oxime groups is 1. The van der Waals surface area contributed by atoms with E-state index in [0.29, 0.717) is 18.8 Å². The van der Waals surface area contributed by atoms with Crippen molar-refractivity contribution in [3.05, 3.63) is 0 Å². The van der Waals surface area contributed by atoms with Crippen LogP contribution in [0.25, 0.3) is 0 Å². The molecule has 1 aliphatic rings. The van der Waals surface area contributed by atoms with Gasteiger partial charge in [-0.25, -0.2) is 0 Å². The van der Waals surface area contributed by atoms with Crippen LogP contribution in [-0.2, 0) is 4.79 Å². The quantitative estimate of drug-likeness (QED) is 0.299. The summed E-state index contributed by atoms with van der Waals surface area (Å²) >= 11 is 1.96. The van der Waals surface area contributed by atoms with Gasteiger partial charge < -0.3 is 16.3 Å². The molecule has 0 saturated carbocycles. The van der Waals surface area contributed by atoms with Crippen LogP contribution in [0.2, 0.25) is 0 Å². The van der Waals surface area contributed by atoms with Crippen molar-refractivity contribution in [2.75, 3.05) is 11.5 Å². The summed E-state index contributed by atoms with van der Waals surface area (Å²) in [6.45, 7) is 1.85. The number of amidine groups is 1. The fraction of sp³-hybridized carbons (Fsp3) is 0.818. The van der Waals surface area contributed by atoms with E-state index in [0.717, 1.165) is 24.3 Å². The largest absolute Gasteiger partial charge is 0.409 e. The zero-order chi connectivity index (χ0) is 12.7. The van der Waals surface area contributed by atoms with Crippen molar-refractivity contribution in [2.24, 2.45) is 16.8 Å². The summed E-state index contributed by atoms with van der Waals surface area (Å²) in [7, 11) is 0. The van der Waals surface area contributed by atoms with Crippen LogP contribution in [0.3, 0.4) is 0 Å². The van der Waals surface area contributed by atoms with Gasteiger partial charge in [0.1, 0.15) is 5.84 Å². The minimum Gasteiger partial charge on any atom is -0.409 e. The second-order valence-corrected chi connectivity index (χ2v) is 5.75. The van der Waals surface area contributed by atoms with Gasteiger partial charge in [-0.05, 0) is 37.2 Å². The maximum absolute atomic E-state index is 11.7. The molecule has 6 heteroatoms. The van der Waals surface area contributed by atoms with Crippen molar-refractivity contribution in [3.63, 3.8) is 0 Å². The zero-order valence-corrected chi connectivity index (χ0v) is 11.0. The van der Waals surface area contributed by atoms with Gasteiger partial charge in [0, 0.05) is 18.9 Å². The highest BCUT2D eigenvalue weighted by Gasteiger charge is 2.18. The van der Waals surface area contributed by atoms with Gasteiger partial charge in [-0.2, -0.15) is 11.8 Å². The summed E-state index contributed by atoms with van der Waals surface area (Å²) in [5.41, 5.74) is 5.38. The Morgan fingerprint density at radius 1 is 1.59 bits per heavy atom. The Labute approximate surface area is 106 Å². The van der Waals surface area contributed by atoms with Gasteiger partial charge in [0.25, 0.3) is 0 Å². The van der Waals surface area contributed by atoms with E-state index in [2.05, 4.69) is 10.5 Å². The lowest BCUT2D eigenvalue weighted by atomic mass is 9.98. The lowest BCUT2D eigenvalue weighted by Crippen LogP contribution is -2.36. The van der Waals surface area contributed by atoms with E-state index >= 15 is 0 Å². The number of carbonyl (C=O) groups excluding carboxylic acids is 1. The molecule has 0 aromatic rings. The first kappa shape index (κ1) is 14.2. The maximum Gasteiger partial charge on any atom is 0.220 e. The zero-order valence-electron chi connectivity index (χ0n) is 10.2. The SMILES string of the molecule is CC(CC(N)=NO)NC(=O)CC1CCSCC1. The van der Waals surface area contributed by atoms with Crippen molar-refractivity contribution in [1.82, 2.24) is 5.32 Å². The van der Waals surface area contributed by atoms with Crippen LogP contribution in [0, 0.1) is 5.92 Å². The maximum atomic E-state index is 11.7. The van der Waals surface area contributed by atoms with E-state index in [1.165, 1.54) is 0 Å². The standard InChI is InChI=1S/C11H21N3O2S/c1-8(6-10(12)14-16)13-11(15)7-9-2-4-17-5-3-9/h8-9,16H,2-7H2,1H3,(H2,12,14)(H,13,15). The molecule has 17 heavy (non-hydrogen) atoms. The van der Waals surface area contributed by atoms with Gasteiger partial charge in [-0.15, -0.1) is 0 Å². The Kier molecular flexibility index (Phi) is 6.18. The fourth-order valence-corrected chi connectivity index (χ4v) is 3.16. The summed E-state index contributed by atoms with van der Waals surface area (Å²) in [5, 5.41) is 14.2. The van der Waals surface area contributed by atoms with E-state index in [1.54, 1.807) is 0 Å². The molecule has 98 valence electrons. The fourth-order valence-electron chi connectivity index (χ4n) is 1.95. The van der Waals surface area contributed by atoms with E-state index in [4.69, 9.17) is 10.9 Å². The van der Waals surface area contributed by atoms with Crippen molar-refractivity contribution >= 4 is 23.5 Å². The number of nitrogens with two attached hydrogens (primary N) is 1. The second kappa shape index (κ2) is 7.42. The topological polar surface area (TPSA) is 87.7 Å². The third kappa shape index (κ3) is 5.81. The third-order valence-electron chi connectivity index (χ3n) is 2.87. The summed E-state index contributed by atoms with van der Waals surface area (Å²) < 4.78 is 0. The molecule has 1 heterocycles. The molecule has 1 rings (SSSR count). The minimum atomic E-state index is -0.0867. The highest BCUT2D eigenvalue weighted by Crippen LogP contribution is 2.25. The third-order valence-corrected chi connectivity index (χ3v) is 3.91. The predicted octanol–water partition coefficient (Wildman–Crippen LogP) is 1.16. The van der Waals surface area contributed by atoms with E-state index < -0.39 is 0 Å². The number of carbonyl (C=O) groups is 1. The molecular weight excluding hydrogens is 238 g/mol. The molecular formula is C11H21N3O2S. The number of nitrogens with one attached hydrogen (secondary N) is 1. The molecule has 1 unspecified atom stereocenters. The molecule has 0 bridgehead atoms. The monoisotopic (exact) mass is 259 g/mol. The van der Waals surface area contributed by atoms with Crippen LogP contribution >= 0.6 is 11.8 Å². The van der Waals surface area contributed by atoms with Crippen molar-refractivity contribution < 1.29 is 10.0 Å². The van der Waals surface area contributed by atoms with Gasteiger partial charge in [-0.1, -0.05) is 5.16 Å². The summed E-state index contributed by atoms with van der Waals surface area (Å²) in [4.78, 5) is 11.7. The first-order valence-electron chi connectivity index (χ1n) is 5.95.